The van der Waals surface area contributed by atoms with Gasteiger partial charge in [-0.2, -0.15) is 0 Å². The molecule has 1 aliphatic rings. The Kier molecular flexibility index (Phi) is 4.06. The topological polar surface area (TPSA) is 15.3 Å². The second kappa shape index (κ2) is 6.38. The molecule has 1 N–H and O–H groups in total. The molecule has 0 saturated carbocycles. The molecule has 2 nitrogen and oxygen atoms in total. The zero-order valence-electron chi connectivity index (χ0n) is 15.0. The van der Waals surface area contributed by atoms with Gasteiger partial charge in [-0.05, 0) is 48.4 Å². The van der Waals surface area contributed by atoms with Crippen molar-refractivity contribution in [2.75, 3.05) is 19.0 Å². The van der Waals surface area contributed by atoms with Crippen molar-refractivity contribution in [2.45, 2.75) is 19.0 Å². The predicted octanol–water partition coefficient (Wildman–Crippen LogP) is 5.11. The summed E-state index contributed by atoms with van der Waals surface area (Å²) in [6.45, 7) is 2.17. The third-order valence-electron chi connectivity index (χ3n) is 5.32. The van der Waals surface area contributed by atoms with Gasteiger partial charge in [0, 0.05) is 12.7 Å². The van der Waals surface area contributed by atoms with Gasteiger partial charge in [0.05, 0.1) is 12.1 Å². The molecular formula is C23H24N2. The van der Waals surface area contributed by atoms with Crippen molar-refractivity contribution in [3.63, 3.8) is 0 Å². The summed E-state index contributed by atoms with van der Waals surface area (Å²) in [5.41, 5.74) is 7.99. The van der Waals surface area contributed by atoms with Crippen molar-refractivity contribution in [1.29, 1.82) is 0 Å². The summed E-state index contributed by atoms with van der Waals surface area (Å²) in [5.74, 6) is 0. The van der Waals surface area contributed by atoms with Gasteiger partial charge in [-0.25, -0.2) is 0 Å². The fourth-order valence-electron chi connectivity index (χ4n) is 4.10. The molecule has 4 rings (SSSR count). The maximum absolute atomic E-state index is 3.59. The van der Waals surface area contributed by atoms with Gasteiger partial charge in [-0.3, -0.25) is 0 Å². The second-order valence-corrected chi connectivity index (χ2v) is 6.84. The highest BCUT2D eigenvalue weighted by molar-refractivity contribution is 5.76. The summed E-state index contributed by atoms with van der Waals surface area (Å²) in [6.07, 6.45) is 0. The van der Waals surface area contributed by atoms with Gasteiger partial charge in [0.2, 0.25) is 0 Å². The Balaban J connectivity index is 1.92. The molecule has 0 aromatic heterocycles. The normalized spacial score (nSPS) is 18.4. The molecule has 0 saturated heterocycles. The smallest absolute Gasteiger partial charge is 0.0740 e. The zero-order valence-corrected chi connectivity index (χ0v) is 15.0. The van der Waals surface area contributed by atoms with Crippen LogP contribution in [0.5, 0.6) is 0 Å². The van der Waals surface area contributed by atoms with Crippen LogP contribution in [0, 0.1) is 6.92 Å². The van der Waals surface area contributed by atoms with Crippen LogP contribution in [0.25, 0.3) is 11.1 Å². The SMILES string of the molecule is CNC1c2cc(C)ccc2-c2ccccc2C1N(C)c1ccccc1. The lowest BCUT2D eigenvalue weighted by Crippen LogP contribution is -2.37. The third kappa shape index (κ3) is 2.63. The second-order valence-electron chi connectivity index (χ2n) is 6.84. The highest BCUT2D eigenvalue weighted by atomic mass is 15.2. The van der Waals surface area contributed by atoms with Crippen LogP contribution in [0.2, 0.25) is 0 Å². The first-order valence-corrected chi connectivity index (χ1v) is 8.85. The summed E-state index contributed by atoms with van der Waals surface area (Å²) in [6, 6.07) is 26.8. The van der Waals surface area contributed by atoms with E-state index in [1.165, 1.54) is 33.5 Å². The molecule has 3 aromatic rings. The molecule has 25 heavy (non-hydrogen) atoms. The van der Waals surface area contributed by atoms with E-state index in [1.54, 1.807) is 0 Å². The molecule has 2 unspecified atom stereocenters. The van der Waals surface area contributed by atoms with E-state index >= 15 is 0 Å². The summed E-state index contributed by atoms with van der Waals surface area (Å²) in [5, 5.41) is 3.59. The van der Waals surface area contributed by atoms with Gasteiger partial charge in [0.1, 0.15) is 0 Å². The zero-order chi connectivity index (χ0) is 17.4. The van der Waals surface area contributed by atoms with Crippen LogP contribution in [-0.4, -0.2) is 14.1 Å². The fraction of sp³-hybridized carbons (Fsp3) is 0.217. The first-order chi connectivity index (χ1) is 12.2. The molecule has 2 atom stereocenters. The van der Waals surface area contributed by atoms with E-state index in [9.17, 15) is 0 Å². The Bertz CT molecular complexity index is 886. The third-order valence-corrected chi connectivity index (χ3v) is 5.32. The minimum atomic E-state index is 0.245. The van der Waals surface area contributed by atoms with Crippen molar-refractivity contribution in [3.05, 3.63) is 89.5 Å². The van der Waals surface area contributed by atoms with Crippen LogP contribution in [0.3, 0.4) is 0 Å². The van der Waals surface area contributed by atoms with Crippen molar-refractivity contribution < 1.29 is 0 Å². The lowest BCUT2D eigenvalue weighted by molar-refractivity contribution is 0.468. The van der Waals surface area contributed by atoms with Gasteiger partial charge in [-0.15, -0.1) is 0 Å². The molecule has 0 radical (unpaired) electrons. The van der Waals surface area contributed by atoms with Gasteiger partial charge in [0.15, 0.2) is 0 Å². The molecule has 126 valence electrons. The van der Waals surface area contributed by atoms with Crippen LogP contribution in [0.1, 0.15) is 28.8 Å². The van der Waals surface area contributed by atoms with Gasteiger partial charge in [0.25, 0.3) is 0 Å². The number of anilines is 1. The molecular weight excluding hydrogens is 304 g/mol. The molecule has 0 heterocycles. The first-order valence-electron chi connectivity index (χ1n) is 8.85. The van der Waals surface area contributed by atoms with Crippen LogP contribution in [0.4, 0.5) is 5.69 Å². The first kappa shape index (κ1) is 15.9. The van der Waals surface area contributed by atoms with Crippen molar-refractivity contribution >= 4 is 5.69 Å². The van der Waals surface area contributed by atoms with Gasteiger partial charge >= 0.3 is 0 Å². The number of nitrogens with one attached hydrogen (secondary N) is 1. The van der Waals surface area contributed by atoms with Crippen LogP contribution in [0.15, 0.2) is 72.8 Å². The van der Waals surface area contributed by atoms with Gasteiger partial charge in [-0.1, -0.05) is 66.2 Å². The van der Waals surface area contributed by atoms with E-state index in [0.717, 1.165) is 0 Å². The van der Waals surface area contributed by atoms with E-state index in [4.69, 9.17) is 0 Å². The fourth-order valence-corrected chi connectivity index (χ4v) is 4.10. The maximum atomic E-state index is 3.59. The predicted molar refractivity (Wildman–Crippen MR) is 106 cm³/mol. The Morgan fingerprint density at radius 3 is 2.24 bits per heavy atom. The molecule has 0 fully saturated rings. The summed E-state index contributed by atoms with van der Waals surface area (Å²) in [4.78, 5) is 2.39. The Morgan fingerprint density at radius 2 is 1.48 bits per heavy atom. The number of para-hydroxylation sites is 1. The minimum Gasteiger partial charge on any atom is -0.366 e. The number of benzene rings is 3. The average Bonchev–Trinajstić information content (AvgIpc) is 2.66. The Labute approximate surface area is 150 Å². The molecule has 0 amide bonds. The van der Waals surface area contributed by atoms with E-state index < -0.39 is 0 Å². The summed E-state index contributed by atoms with van der Waals surface area (Å²) < 4.78 is 0. The summed E-state index contributed by atoms with van der Waals surface area (Å²) in [7, 11) is 4.26. The van der Waals surface area contributed by atoms with Crippen molar-refractivity contribution in [3.8, 4) is 11.1 Å². The minimum absolute atomic E-state index is 0.245. The average molecular weight is 328 g/mol. The number of hydrogen-bond donors (Lipinski definition) is 1. The highest BCUT2D eigenvalue weighted by Crippen LogP contribution is 2.47. The Morgan fingerprint density at radius 1 is 0.800 bits per heavy atom. The highest BCUT2D eigenvalue weighted by Gasteiger charge is 2.35. The van der Waals surface area contributed by atoms with Crippen molar-refractivity contribution in [2.24, 2.45) is 0 Å². The molecule has 0 bridgehead atoms. The van der Waals surface area contributed by atoms with E-state index in [0.29, 0.717) is 0 Å². The monoisotopic (exact) mass is 328 g/mol. The molecule has 0 spiro atoms. The molecule has 0 aliphatic heterocycles. The lowest BCUT2D eigenvalue weighted by atomic mass is 9.78. The molecule has 1 aliphatic carbocycles. The quantitative estimate of drug-likeness (QED) is 0.718. The summed E-state index contributed by atoms with van der Waals surface area (Å²) >= 11 is 0. The van der Waals surface area contributed by atoms with Crippen LogP contribution < -0.4 is 10.2 Å². The largest absolute Gasteiger partial charge is 0.366 e. The van der Waals surface area contributed by atoms with Crippen LogP contribution >= 0.6 is 0 Å². The molecule has 2 heteroatoms. The number of rotatable bonds is 3. The van der Waals surface area contributed by atoms with E-state index in [-0.39, 0.29) is 12.1 Å². The number of hydrogen-bond acceptors (Lipinski definition) is 2. The standard InChI is InChI=1S/C23H24N2/c1-16-13-14-19-18-11-7-8-12-20(18)23(22(24-2)21(19)15-16)25(3)17-9-5-4-6-10-17/h4-15,22-24H,1-3H3. The number of nitrogens with zero attached hydrogens (tertiary/aromatic N) is 1. The van der Waals surface area contributed by atoms with E-state index in [1.807, 2.05) is 0 Å². The van der Waals surface area contributed by atoms with Crippen LogP contribution in [-0.2, 0) is 0 Å². The van der Waals surface area contributed by atoms with Crippen molar-refractivity contribution in [1.82, 2.24) is 5.32 Å². The number of likely N-dealkylation sites (N-methyl/N-ethyl adjacent to an activating group) is 2. The van der Waals surface area contributed by atoms with E-state index in [2.05, 4.69) is 104 Å². The maximum Gasteiger partial charge on any atom is 0.0740 e. The van der Waals surface area contributed by atoms with Gasteiger partial charge < -0.3 is 10.2 Å². The number of aryl methyl sites for hydroxylation is 1. The Hall–Kier alpha value is -2.58. The number of fused-ring (bicyclic) bond motifs is 3. The lowest BCUT2D eigenvalue weighted by Gasteiger charge is -2.41. The molecule has 3 aromatic carbocycles.